The summed E-state index contributed by atoms with van der Waals surface area (Å²) in [6.45, 7) is 6.40. The smallest absolute Gasteiger partial charge is 0.135 e. The van der Waals surface area contributed by atoms with Crippen LogP contribution in [0.5, 0.6) is 11.5 Å². The van der Waals surface area contributed by atoms with Crippen LogP contribution in [0.1, 0.15) is 16.7 Å². The zero-order valence-electron chi connectivity index (χ0n) is 16.6. The zero-order valence-corrected chi connectivity index (χ0v) is 16.6. The average Bonchev–Trinajstić information content (AvgIpc) is 2.92. The lowest BCUT2D eigenvalue weighted by Gasteiger charge is -2.35. The molecule has 1 fully saturated rings. The van der Waals surface area contributed by atoms with Crippen molar-refractivity contribution >= 4 is 11.6 Å². The van der Waals surface area contributed by atoms with Crippen LogP contribution < -0.4 is 4.74 Å². The average molecular weight is 383 g/mol. The summed E-state index contributed by atoms with van der Waals surface area (Å²) >= 11 is 0. The standard InChI is InChI=1S/C26H26N2O/c1-2-8-21(9-3-1)19-27-14-16-28(17-15-27)20-23-18-22-10-4-6-12-25(22)29-26-13-7-5-11-24(23)26/h1-13,18H,14-17,19-20H2. The molecule has 0 radical (unpaired) electrons. The summed E-state index contributed by atoms with van der Waals surface area (Å²) in [5, 5.41) is 0. The fourth-order valence-electron chi connectivity index (χ4n) is 4.22. The molecular weight excluding hydrogens is 356 g/mol. The Hall–Kier alpha value is -2.88. The van der Waals surface area contributed by atoms with Gasteiger partial charge < -0.3 is 4.74 Å². The van der Waals surface area contributed by atoms with Crippen LogP contribution in [0.2, 0.25) is 0 Å². The zero-order chi connectivity index (χ0) is 19.5. The minimum atomic E-state index is 0.933. The van der Waals surface area contributed by atoms with Crippen molar-refractivity contribution in [3.05, 3.63) is 95.6 Å². The summed E-state index contributed by atoms with van der Waals surface area (Å²) in [5.74, 6) is 1.88. The minimum Gasteiger partial charge on any atom is -0.456 e. The monoisotopic (exact) mass is 382 g/mol. The molecule has 0 spiro atoms. The summed E-state index contributed by atoms with van der Waals surface area (Å²) in [6.07, 6.45) is 2.30. The first-order chi connectivity index (χ1) is 14.3. The fraction of sp³-hybridized carbons (Fsp3) is 0.231. The molecule has 3 aromatic carbocycles. The summed E-state index contributed by atoms with van der Waals surface area (Å²) in [6, 6.07) is 27.5. The summed E-state index contributed by atoms with van der Waals surface area (Å²) in [5.41, 5.74) is 5.09. The van der Waals surface area contributed by atoms with Crippen molar-refractivity contribution in [1.82, 2.24) is 9.80 Å². The van der Waals surface area contributed by atoms with Gasteiger partial charge in [-0.15, -0.1) is 0 Å². The lowest BCUT2D eigenvalue weighted by atomic mass is 10.0. The van der Waals surface area contributed by atoms with Crippen LogP contribution in [0.15, 0.2) is 78.9 Å². The van der Waals surface area contributed by atoms with Crippen LogP contribution in [0, 0.1) is 0 Å². The van der Waals surface area contributed by atoms with E-state index in [1.807, 2.05) is 18.2 Å². The number of benzene rings is 3. The van der Waals surface area contributed by atoms with Crippen molar-refractivity contribution in [2.75, 3.05) is 32.7 Å². The number of piperazine rings is 1. The summed E-state index contributed by atoms with van der Waals surface area (Å²) in [7, 11) is 0. The summed E-state index contributed by atoms with van der Waals surface area (Å²) in [4.78, 5) is 5.12. The van der Waals surface area contributed by atoms with Crippen molar-refractivity contribution in [2.45, 2.75) is 6.54 Å². The third kappa shape index (κ3) is 4.12. The maximum absolute atomic E-state index is 6.23. The molecule has 146 valence electrons. The first-order valence-corrected chi connectivity index (χ1v) is 10.4. The van der Waals surface area contributed by atoms with Crippen molar-refractivity contribution in [3.8, 4) is 11.5 Å². The van der Waals surface area contributed by atoms with Gasteiger partial charge in [0, 0.05) is 50.4 Å². The normalized spacial score (nSPS) is 16.9. The highest BCUT2D eigenvalue weighted by Crippen LogP contribution is 2.38. The number of ether oxygens (including phenoxy) is 1. The molecule has 2 aliphatic heterocycles. The van der Waals surface area contributed by atoms with Crippen LogP contribution in [-0.2, 0) is 6.54 Å². The highest BCUT2D eigenvalue weighted by atomic mass is 16.5. The van der Waals surface area contributed by atoms with Crippen LogP contribution >= 0.6 is 0 Å². The lowest BCUT2D eigenvalue weighted by Crippen LogP contribution is -2.46. The van der Waals surface area contributed by atoms with E-state index in [2.05, 4.69) is 76.5 Å². The van der Waals surface area contributed by atoms with Gasteiger partial charge in [0.1, 0.15) is 11.5 Å². The van der Waals surface area contributed by atoms with Gasteiger partial charge in [-0.3, -0.25) is 9.80 Å². The minimum absolute atomic E-state index is 0.933. The van der Waals surface area contributed by atoms with E-state index in [0.29, 0.717) is 0 Å². The van der Waals surface area contributed by atoms with Crippen LogP contribution in [0.4, 0.5) is 0 Å². The maximum atomic E-state index is 6.23. The predicted molar refractivity (Wildman–Crippen MR) is 119 cm³/mol. The largest absolute Gasteiger partial charge is 0.456 e. The van der Waals surface area contributed by atoms with Gasteiger partial charge in [0.15, 0.2) is 0 Å². The predicted octanol–water partition coefficient (Wildman–Crippen LogP) is 5.15. The Morgan fingerprint density at radius 3 is 2.03 bits per heavy atom. The van der Waals surface area contributed by atoms with Gasteiger partial charge in [-0.05, 0) is 29.3 Å². The molecule has 1 saturated heterocycles. The number of nitrogens with zero attached hydrogens (tertiary/aromatic N) is 2. The Labute approximate surface area is 172 Å². The molecule has 5 rings (SSSR count). The Balaban J connectivity index is 1.31. The number of hydrogen-bond donors (Lipinski definition) is 0. The molecule has 0 saturated carbocycles. The molecule has 0 amide bonds. The Kier molecular flexibility index (Phi) is 5.16. The van der Waals surface area contributed by atoms with Gasteiger partial charge in [-0.1, -0.05) is 66.7 Å². The SMILES string of the molecule is C1=C(CN2CCN(Cc3ccccc3)CC2)c2ccccc2Oc2ccccc21. The van der Waals surface area contributed by atoms with E-state index in [0.717, 1.165) is 56.3 Å². The van der Waals surface area contributed by atoms with E-state index >= 15 is 0 Å². The number of rotatable bonds is 4. The quantitative estimate of drug-likeness (QED) is 0.621. The third-order valence-electron chi connectivity index (χ3n) is 5.81. The first-order valence-electron chi connectivity index (χ1n) is 10.4. The Bertz CT molecular complexity index is 1000. The molecule has 0 atom stereocenters. The van der Waals surface area contributed by atoms with E-state index < -0.39 is 0 Å². The van der Waals surface area contributed by atoms with E-state index in [1.54, 1.807) is 0 Å². The highest BCUT2D eigenvalue weighted by Gasteiger charge is 2.21. The van der Waals surface area contributed by atoms with Gasteiger partial charge in [-0.2, -0.15) is 0 Å². The topological polar surface area (TPSA) is 15.7 Å². The molecule has 0 N–H and O–H groups in total. The van der Waals surface area contributed by atoms with Gasteiger partial charge in [0.2, 0.25) is 0 Å². The first kappa shape index (κ1) is 18.2. The molecular formula is C26H26N2O. The van der Waals surface area contributed by atoms with E-state index in [1.165, 1.54) is 16.7 Å². The fourth-order valence-corrected chi connectivity index (χ4v) is 4.22. The number of hydrogen-bond acceptors (Lipinski definition) is 3. The highest BCUT2D eigenvalue weighted by molar-refractivity contribution is 5.88. The van der Waals surface area contributed by atoms with Crippen LogP contribution in [-0.4, -0.2) is 42.5 Å². The van der Waals surface area contributed by atoms with Gasteiger partial charge >= 0.3 is 0 Å². The molecule has 29 heavy (non-hydrogen) atoms. The molecule has 0 aromatic heterocycles. The molecule has 3 nitrogen and oxygen atoms in total. The van der Waals surface area contributed by atoms with Gasteiger partial charge in [0.25, 0.3) is 0 Å². The summed E-state index contributed by atoms with van der Waals surface area (Å²) < 4.78 is 6.23. The Morgan fingerprint density at radius 1 is 0.621 bits per heavy atom. The number of para-hydroxylation sites is 2. The van der Waals surface area contributed by atoms with Crippen LogP contribution in [0.25, 0.3) is 11.6 Å². The van der Waals surface area contributed by atoms with Crippen molar-refractivity contribution < 1.29 is 4.74 Å². The van der Waals surface area contributed by atoms with Gasteiger partial charge in [0.05, 0.1) is 0 Å². The second-order valence-electron chi connectivity index (χ2n) is 7.84. The molecule has 0 unspecified atom stereocenters. The van der Waals surface area contributed by atoms with Gasteiger partial charge in [-0.25, -0.2) is 0 Å². The van der Waals surface area contributed by atoms with E-state index in [4.69, 9.17) is 4.74 Å². The van der Waals surface area contributed by atoms with E-state index in [9.17, 15) is 0 Å². The van der Waals surface area contributed by atoms with Crippen molar-refractivity contribution in [2.24, 2.45) is 0 Å². The molecule has 3 heteroatoms. The van der Waals surface area contributed by atoms with Crippen molar-refractivity contribution in [1.29, 1.82) is 0 Å². The Morgan fingerprint density at radius 2 is 1.24 bits per heavy atom. The molecule has 3 aromatic rings. The second-order valence-corrected chi connectivity index (χ2v) is 7.84. The molecule has 2 heterocycles. The molecule has 2 aliphatic rings. The molecule has 0 aliphatic carbocycles. The maximum Gasteiger partial charge on any atom is 0.135 e. The second kappa shape index (κ2) is 8.24. The molecule has 0 bridgehead atoms. The van der Waals surface area contributed by atoms with Crippen molar-refractivity contribution in [3.63, 3.8) is 0 Å². The lowest BCUT2D eigenvalue weighted by molar-refractivity contribution is 0.138. The van der Waals surface area contributed by atoms with Crippen LogP contribution in [0.3, 0.4) is 0 Å². The van der Waals surface area contributed by atoms with E-state index in [-0.39, 0.29) is 0 Å². The third-order valence-corrected chi connectivity index (χ3v) is 5.81. The number of fused-ring (bicyclic) bond motifs is 2.